The van der Waals surface area contributed by atoms with E-state index in [1.165, 1.54) is 12.3 Å². The van der Waals surface area contributed by atoms with Crippen molar-refractivity contribution in [2.75, 3.05) is 23.8 Å². The van der Waals surface area contributed by atoms with Gasteiger partial charge in [0.2, 0.25) is 5.95 Å². The summed E-state index contributed by atoms with van der Waals surface area (Å²) in [5.41, 5.74) is 3.53. The largest absolute Gasteiger partial charge is 0.394 e. The number of halogens is 1. The number of aliphatic hydroxyl groups is 1. The Morgan fingerprint density at radius 3 is 2.55 bits per heavy atom. The monoisotopic (exact) mass is 539 g/mol. The molecule has 0 bridgehead atoms. The van der Waals surface area contributed by atoms with Crippen LogP contribution in [0.1, 0.15) is 67.7 Å². The third-order valence-corrected chi connectivity index (χ3v) is 7.14. The molecule has 0 saturated heterocycles. The third kappa shape index (κ3) is 5.16. The Morgan fingerprint density at radius 2 is 1.93 bits per heavy atom. The van der Waals surface area contributed by atoms with E-state index in [-0.39, 0.29) is 12.0 Å². The quantitative estimate of drug-likeness (QED) is 0.274. The molecule has 1 aliphatic carbocycles. The number of nitrogens with zero attached hydrogens (tertiary/aromatic N) is 7. The molecule has 3 aromatic heterocycles. The van der Waals surface area contributed by atoms with Crippen LogP contribution in [0.2, 0.25) is 0 Å². The highest BCUT2D eigenvalue weighted by Gasteiger charge is 2.45. The minimum Gasteiger partial charge on any atom is -0.394 e. The summed E-state index contributed by atoms with van der Waals surface area (Å²) < 4.78 is 15.6. The third-order valence-electron chi connectivity index (χ3n) is 7.14. The summed E-state index contributed by atoms with van der Waals surface area (Å²) in [5, 5.41) is 45.8. The van der Waals surface area contributed by atoms with Gasteiger partial charge in [0.1, 0.15) is 17.8 Å². The van der Waals surface area contributed by atoms with E-state index < -0.39 is 17.5 Å². The van der Waals surface area contributed by atoms with E-state index in [4.69, 9.17) is 0 Å². The van der Waals surface area contributed by atoms with Crippen molar-refractivity contribution < 1.29 is 9.50 Å². The number of rotatable bonds is 8. The van der Waals surface area contributed by atoms with Gasteiger partial charge in [-0.3, -0.25) is 4.98 Å². The van der Waals surface area contributed by atoms with Crippen molar-refractivity contribution in [3.05, 3.63) is 70.7 Å². The summed E-state index contributed by atoms with van der Waals surface area (Å²) in [5.74, 6) is -0.594. The van der Waals surface area contributed by atoms with Crippen LogP contribution in [-0.4, -0.2) is 43.2 Å². The Morgan fingerprint density at radius 1 is 1.18 bits per heavy atom. The molecule has 1 aliphatic rings. The summed E-state index contributed by atoms with van der Waals surface area (Å²) in [6.07, 6.45) is 4.86. The van der Waals surface area contributed by atoms with Gasteiger partial charge in [-0.2, -0.15) is 14.9 Å². The number of hydrogen-bond donors (Lipinski definition) is 3. The number of pyridine rings is 2. The van der Waals surface area contributed by atoms with Crippen molar-refractivity contribution in [2.24, 2.45) is 5.41 Å². The van der Waals surface area contributed by atoms with Gasteiger partial charge < -0.3 is 15.7 Å². The van der Waals surface area contributed by atoms with Gasteiger partial charge in [-0.1, -0.05) is 32.1 Å². The Kier molecular flexibility index (Phi) is 6.86. The van der Waals surface area contributed by atoms with E-state index in [0.29, 0.717) is 56.9 Å². The van der Waals surface area contributed by atoms with E-state index in [1.54, 1.807) is 29.9 Å². The molecule has 5 rings (SSSR count). The number of anilines is 2. The van der Waals surface area contributed by atoms with E-state index in [2.05, 4.69) is 63.8 Å². The highest BCUT2D eigenvalue weighted by molar-refractivity contribution is 5.99. The normalized spacial score (nSPS) is 14.8. The number of aryl methyl sites for hydroxylation is 1. The van der Waals surface area contributed by atoms with E-state index in [0.717, 1.165) is 12.8 Å². The Hall–Kier alpha value is -4.61. The van der Waals surface area contributed by atoms with Crippen molar-refractivity contribution in [1.29, 1.82) is 10.5 Å². The minimum absolute atomic E-state index is 0.0419. The van der Waals surface area contributed by atoms with Crippen LogP contribution >= 0.6 is 0 Å². The van der Waals surface area contributed by atoms with E-state index in [1.807, 2.05) is 6.07 Å². The Bertz CT molecular complexity index is 1670. The van der Waals surface area contributed by atoms with Crippen LogP contribution in [0.4, 0.5) is 15.8 Å². The lowest BCUT2D eigenvalue weighted by Crippen LogP contribution is -2.22. The zero-order valence-electron chi connectivity index (χ0n) is 22.8. The first-order valence-electron chi connectivity index (χ1n) is 13.0. The smallest absolute Gasteiger partial charge is 0.213 e. The van der Waals surface area contributed by atoms with Gasteiger partial charge in [0.25, 0.3) is 0 Å². The van der Waals surface area contributed by atoms with E-state index >= 15 is 0 Å². The molecule has 204 valence electrons. The van der Waals surface area contributed by atoms with Gasteiger partial charge in [0.15, 0.2) is 0 Å². The second-order valence-corrected chi connectivity index (χ2v) is 11.5. The van der Waals surface area contributed by atoms with Crippen molar-refractivity contribution in [3.8, 4) is 12.1 Å². The fourth-order valence-corrected chi connectivity index (χ4v) is 4.67. The first kappa shape index (κ1) is 27.0. The zero-order valence-corrected chi connectivity index (χ0v) is 22.8. The molecule has 4 aromatic rings. The maximum absolute atomic E-state index is 13.9. The lowest BCUT2D eigenvalue weighted by atomic mass is 9.96. The lowest BCUT2D eigenvalue weighted by Gasteiger charge is -2.23. The van der Waals surface area contributed by atoms with Gasteiger partial charge in [-0.25, -0.2) is 9.67 Å². The van der Waals surface area contributed by atoms with Gasteiger partial charge in [0.05, 0.1) is 46.7 Å². The number of hydrogen-bond acceptors (Lipinski definition) is 9. The van der Waals surface area contributed by atoms with Crippen LogP contribution < -0.4 is 10.6 Å². The molecule has 3 N–H and O–H groups in total. The van der Waals surface area contributed by atoms with Gasteiger partial charge in [0, 0.05) is 35.1 Å². The predicted octanol–water partition coefficient (Wildman–Crippen LogP) is 4.55. The van der Waals surface area contributed by atoms with Crippen LogP contribution in [0, 0.1) is 40.9 Å². The molecular formula is C29H30FN9O. The van der Waals surface area contributed by atoms with Crippen LogP contribution in [0.15, 0.2) is 36.7 Å². The Labute approximate surface area is 231 Å². The molecule has 3 heterocycles. The molecule has 0 aliphatic heterocycles. The molecule has 40 heavy (non-hydrogen) atoms. The predicted molar refractivity (Wildman–Crippen MR) is 148 cm³/mol. The standard InChI is InChI=1S/C29H30FN9O/c1-17-21(5-6-24(30)35-17)27(23-14-39(38-37-23)29(16-40)7-8-29)36-20-9-18(11-31)25-22(10-20)26(19(12-32)13-33-25)34-15-28(2,3)4/h5-6,9-10,13-14,27,36,40H,7-8,15-16H2,1-4H3,(H,33,34). The van der Waals surface area contributed by atoms with E-state index in [9.17, 15) is 20.0 Å². The maximum atomic E-state index is 13.9. The molecule has 1 unspecified atom stereocenters. The first-order chi connectivity index (χ1) is 19.1. The van der Waals surface area contributed by atoms with Crippen LogP contribution in [0.3, 0.4) is 0 Å². The number of nitriles is 2. The summed E-state index contributed by atoms with van der Waals surface area (Å²) in [6.45, 7) is 8.53. The fraction of sp³-hybridized carbons (Fsp3) is 0.379. The first-order valence-corrected chi connectivity index (χ1v) is 13.0. The topological polar surface area (TPSA) is 148 Å². The molecule has 1 fully saturated rings. The highest BCUT2D eigenvalue weighted by atomic mass is 19.1. The molecule has 0 spiro atoms. The molecule has 0 amide bonds. The van der Waals surface area contributed by atoms with Crippen LogP contribution in [0.25, 0.3) is 10.9 Å². The molecular weight excluding hydrogens is 509 g/mol. The number of aliphatic hydroxyl groups excluding tert-OH is 1. The average molecular weight is 540 g/mol. The minimum atomic E-state index is -0.599. The summed E-state index contributed by atoms with van der Waals surface area (Å²) in [6, 6.07) is 10.3. The molecule has 0 radical (unpaired) electrons. The highest BCUT2D eigenvalue weighted by Crippen LogP contribution is 2.43. The zero-order chi connectivity index (χ0) is 28.7. The molecule has 10 nitrogen and oxygen atoms in total. The van der Waals surface area contributed by atoms with Crippen LogP contribution in [-0.2, 0) is 5.54 Å². The number of nitrogens with one attached hydrogen (secondary N) is 2. The van der Waals surface area contributed by atoms with Crippen molar-refractivity contribution in [2.45, 2.75) is 52.1 Å². The Balaban J connectivity index is 1.63. The van der Waals surface area contributed by atoms with Crippen LogP contribution in [0.5, 0.6) is 0 Å². The second kappa shape index (κ2) is 10.2. The summed E-state index contributed by atoms with van der Waals surface area (Å²) in [4.78, 5) is 8.42. The number of benzene rings is 1. The van der Waals surface area contributed by atoms with Gasteiger partial charge in [-0.05, 0) is 43.4 Å². The molecule has 1 atom stereocenters. The maximum Gasteiger partial charge on any atom is 0.213 e. The summed E-state index contributed by atoms with van der Waals surface area (Å²) >= 11 is 0. The summed E-state index contributed by atoms with van der Waals surface area (Å²) in [7, 11) is 0. The van der Waals surface area contributed by atoms with Gasteiger partial charge >= 0.3 is 0 Å². The SMILES string of the molecule is Cc1nc(F)ccc1C(Nc1cc(C#N)c2ncc(C#N)c(NCC(C)(C)C)c2c1)c1cn(C2(CO)CC2)nn1. The van der Waals surface area contributed by atoms with Crippen molar-refractivity contribution in [3.63, 3.8) is 0 Å². The molecule has 1 aromatic carbocycles. The second-order valence-electron chi connectivity index (χ2n) is 11.5. The number of aromatic nitrogens is 5. The average Bonchev–Trinajstić information content (AvgIpc) is 3.57. The molecule has 11 heteroatoms. The van der Waals surface area contributed by atoms with Gasteiger partial charge in [-0.15, -0.1) is 5.10 Å². The van der Waals surface area contributed by atoms with Crippen molar-refractivity contribution in [1.82, 2.24) is 25.0 Å². The van der Waals surface area contributed by atoms with Crippen molar-refractivity contribution >= 4 is 22.3 Å². The fourth-order valence-electron chi connectivity index (χ4n) is 4.67. The lowest BCUT2D eigenvalue weighted by molar-refractivity contribution is 0.200. The molecule has 1 saturated carbocycles. The number of fused-ring (bicyclic) bond motifs is 1.